The Kier molecular flexibility index (Phi) is 4.22. The molecule has 3 rings (SSSR count). The van der Waals surface area contributed by atoms with Crippen LogP contribution in [-0.2, 0) is 13.0 Å². The van der Waals surface area contributed by atoms with Crippen LogP contribution in [0.15, 0.2) is 18.3 Å². The van der Waals surface area contributed by atoms with E-state index in [4.69, 9.17) is 4.98 Å². The van der Waals surface area contributed by atoms with Gasteiger partial charge in [-0.3, -0.25) is 0 Å². The maximum Gasteiger partial charge on any atom is 0.160 e. The lowest BCUT2D eigenvalue weighted by molar-refractivity contribution is 0.301. The molecule has 3 heterocycles. The van der Waals surface area contributed by atoms with Crippen molar-refractivity contribution in [3.63, 3.8) is 0 Å². The number of hydrogen-bond donors (Lipinski definition) is 0. The first-order valence-corrected chi connectivity index (χ1v) is 7.80. The summed E-state index contributed by atoms with van der Waals surface area (Å²) in [4.78, 5) is 14.1. The molecule has 2 aromatic rings. The first kappa shape index (κ1) is 14.5. The van der Waals surface area contributed by atoms with E-state index in [1.165, 1.54) is 25.2 Å². The molecule has 0 radical (unpaired) electrons. The van der Waals surface area contributed by atoms with Gasteiger partial charge in [0.1, 0.15) is 11.3 Å². The van der Waals surface area contributed by atoms with Crippen LogP contribution in [0.2, 0.25) is 0 Å². The number of fused-ring (bicyclic) bond motifs is 1. The van der Waals surface area contributed by atoms with Crippen molar-refractivity contribution in [3.05, 3.63) is 24.2 Å². The highest BCUT2D eigenvalue weighted by molar-refractivity contribution is 5.71. The molecular weight excluding hydrogens is 262 g/mol. The van der Waals surface area contributed by atoms with Crippen LogP contribution in [-0.4, -0.2) is 64.6 Å². The number of likely N-dealkylation sites (N-methyl/N-ethyl adjacent to an activating group) is 2. The molecule has 0 N–H and O–H groups in total. The minimum absolute atomic E-state index is 0.625. The predicted octanol–water partition coefficient (Wildman–Crippen LogP) is 1.63. The van der Waals surface area contributed by atoms with E-state index in [0.717, 1.165) is 30.7 Å². The second-order valence-corrected chi connectivity index (χ2v) is 6.31. The van der Waals surface area contributed by atoms with Crippen LogP contribution in [0.1, 0.15) is 18.7 Å². The van der Waals surface area contributed by atoms with E-state index in [0.29, 0.717) is 6.04 Å². The summed E-state index contributed by atoms with van der Waals surface area (Å²) in [5, 5.41) is 0. The van der Waals surface area contributed by atoms with Gasteiger partial charge < -0.3 is 14.4 Å². The smallest absolute Gasteiger partial charge is 0.160 e. The molecule has 1 unspecified atom stereocenters. The number of nitrogens with zero attached hydrogens (tertiary/aromatic N) is 5. The Bertz CT molecular complexity index is 604. The Morgan fingerprint density at radius 1 is 1.38 bits per heavy atom. The van der Waals surface area contributed by atoms with Gasteiger partial charge in [-0.2, -0.15) is 0 Å². The molecule has 0 amide bonds. The lowest BCUT2D eigenvalue weighted by atomic mass is 10.1. The third kappa shape index (κ3) is 3.09. The standard InChI is InChI=1S/C16H25N5/c1-19(2)10-11-21-15(12-13-6-5-9-20(13)3)18-14-7-4-8-17-16(14)21/h4,7-8,13H,5-6,9-12H2,1-3H3. The Balaban J connectivity index is 1.90. The average Bonchev–Trinajstić information content (AvgIpc) is 3.01. The summed E-state index contributed by atoms with van der Waals surface area (Å²) in [6, 6.07) is 4.66. The van der Waals surface area contributed by atoms with Crippen molar-refractivity contribution in [2.24, 2.45) is 0 Å². The number of rotatable bonds is 5. The monoisotopic (exact) mass is 287 g/mol. The first-order valence-electron chi connectivity index (χ1n) is 7.80. The van der Waals surface area contributed by atoms with E-state index < -0.39 is 0 Å². The van der Waals surface area contributed by atoms with Crippen LogP contribution in [0, 0.1) is 0 Å². The fraction of sp³-hybridized carbons (Fsp3) is 0.625. The summed E-state index contributed by atoms with van der Waals surface area (Å²) >= 11 is 0. The van der Waals surface area contributed by atoms with Gasteiger partial charge in [-0.05, 0) is 52.7 Å². The summed E-state index contributed by atoms with van der Waals surface area (Å²) in [6.45, 7) is 3.17. The van der Waals surface area contributed by atoms with Crippen molar-refractivity contribution in [2.45, 2.75) is 31.8 Å². The van der Waals surface area contributed by atoms with Crippen molar-refractivity contribution in [1.29, 1.82) is 0 Å². The number of pyridine rings is 1. The zero-order valence-corrected chi connectivity index (χ0v) is 13.3. The molecule has 114 valence electrons. The van der Waals surface area contributed by atoms with Gasteiger partial charge in [-0.25, -0.2) is 9.97 Å². The molecule has 5 heteroatoms. The number of likely N-dealkylation sites (tertiary alicyclic amines) is 1. The Morgan fingerprint density at radius 2 is 2.24 bits per heavy atom. The van der Waals surface area contributed by atoms with Crippen molar-refractivity contribution in [1.82, 2.24) is 24.3 Å². The highest BCUT2D eigenvalue weighted by atomic mass is 15.2. The zero-order valence-electron chi connectivity index (χ0n) is 13.3. The molecule has 2 aromatic heterocycles. The molecule has 0 saturated carbocycles. The van der Waals surface area contributed by atoms with Crippen LogP contribution >= 0.6 is 0 Å². The van der Waals surface area contributed by atoms with Crippen molar-refractivity contribution in [2.75, 3.05) is 34.2 Å². The molecule has 1 fully saturated rings. The molecule has 0 bridgehead atoms. The van der Waals surface area contributed by atoms with Gasteiger partial charge in [0.15, 0.2) is 5.65 Å². The van der Waals surface area contributed by atoms with Gasteiger partial charge in [0.05, 0.1) is 0 Å². The first-order chi connectivity index (χ1) is 10.1. The highest BCUT2D eigenvalue weighted by Crippen LogP contribution is 2.21. The van der Waals surface area contributed by atoms with E-state index in [1.54, 1.807) is 0 Å². The molecule has 0 aromatic carbocycles. The minimum atomic E-state index is 0.625. The third-order valence-corrected chi connectivity index (χ3v) is 4.44. The molecule has 21 heavy (non-hydrogen) atoms. The summed E-state index contributed by atoms with van der Waals surface area (Å²) in [5.41, 5.74) is 2.04. The van der Waals surface area contributed by atoms with Gasteiger partial charge in [-0.1, -0.05) is 0 Å². The van der Waals surface area contributed by atoms with E-state index in [1.807, 2.05) is 12.3 Å². The minimum Gasteiger partial charge on any atom is -0.311 e. The van der Waals surface area contributed by atoms with Crippen molar-refractivity contribution < 1.29 is 0 Å². The normalized spacial score (nSPS) is 19.9. The maximum atomic E-state index is 4.84. The fourth-order valence-corrected chi connectivity index (χ4v) is 3.14. The number of hydrogen-bond acceptors (Lipinski definition) is 4. The summed E-state index contributed by atoms with van der Waals surface area (Å²) in [7, 11) is 6.44. The van der Waals surface area contributed by atoms with E-state index in [9.17, 15) is 0 Å². The van der Waals surface area contributed by atoms with Crippen LogP contribution in [0.4, 0.5) is 0 Å². The largest absolute Gasteiger partial charge is 0.311 e. The highest BCUT2D eigenvalue weighted by Gasteiger charge is 2.24. The lowest BCUT2D eigenvalue weighted by Crippen LogP contribution is -2.28. The van der Waals surface area contributed by atoms with Gasteiger partial charge in [0.25, 0.3) is 0 Å². The lowest BCUT2D eigenvalue weighted by Gasteiger charge is -2.20. The Morgan fingerprint density at radius 3 is 2.95 bits per heavy atom. The van der Waals surface area contributed by atoms with Crippen LogP contribution in [0.25, 0.3) is 11.2 Å². The topological polar surface area (TPSA) is 37.2 Å². The maximum absolute atomic E-state index is 4.84. The summed E-state index contributed by atoms with van der Waals surface area (Å²) < 4.78 is 2.31. The zero-order chi connectivity index (χ0) is 14.8. The number of imidazole rings is 1. The van der Waals surface area contributed by atoms with Crippen molar-refractivity contribution in [3.8, 4) is 0 Å². The third-order valence-electron chi connectivity index (χ3n) is 4.44. The second-order valence-electron chi connectivity index (χ2n) is 6.31. The van der Waals surface area contributed by atoms with Crippen LogP contribution in [0.5, 0.6) is 0 Å². The van der Waals surface area contributed by atoms with Crippen LogP contribution in [0.3, 0.4) is 0 Å². The molecule has 1 aliphatic heterocycles. The van der Waals surface area contributed by atoms with E-state index in [2.05, 4.69) is 46.6 Å². The molecule has 0 aliphatic carbocycles. The number of aromatic nitrogens is 3. The average molecular weight is 287 g/mol. The van der Waals surface area contributed by atoms with Crippen molar-refractivity contribution >= 4 is 11.2 Å². The van der Waals surface area contributed by atoms with Gasteiger partial charge in [-0.15, -0.1) is 0 Å². The van der Waals surface area contributed by atoms with Gasteiger partial charge in [0, 0.05) is 31.7 Å². The predicted molar refractivity (Wildman–Crippen MR) is 85.4 cm³/mol. The molecule has 1 aliphatic rings. The molecule has 1 atom stereocenters. The SMILES string of the molecule is CN(C)CCn1c(CC2CCCN2C)nc2cccnc21. The van der Waals surface area contributed by atoms with E-state index >= 15 is 0 Å². The summed E-state index contributed by atoms with van der Waals surface area (Å²) in [5.74, 6) is 1.18. The second kappa shape index (κ2) is 6.12. The summed E-state index contributed by atoms with van der Waals surface area (Å²) in [6.07, 6.45) is 5.47. The Labute approximate surface area is 126 Å². The van der Waals surface area contributed by atoms with Gasteiger partial charge in [0.2, 0.25) is 0 Å². The fourth-order valence-electron chi connectivity index (χ4n) is 3.14. The molecular formula is C16H25N5. The molecule has 5 nitrogen and oxygen atoms in total. The molecule has 0 spiro atoms. The molecule has 1 saturated heterocycles. The Hall–Kier alpha value is -1.46. The van der Waals surface area contributed by atoms with Crippen LogP contribution < -0.4 is 0 Å². The quantitative estimate of drug-likeness (QED) is 0.837. The van der Waals surface area contributed by atoms with E-state index in [-0.39, 0.29) is 0 Å². The van der Waals surface area contributed by atoms with Gasteiger partial charge >= 0.3 is 0 Å².